The SMILES string of the molecule is CSCCSc1nc2ccccc2c(=O)n1-c1ccc(C)cc1C. The van der Waals surface area contributed by atoms with E-state index in [1.807, 2.05) is 43.3 Å². The average Bonchev–Trinajstić information content (AvgIpc) is 2.57. The fourth-order valence-electron chi connectivity index (χ4n) is 2.69. The lowest BCUT2D eigenvalue weighted by Crippen LogP contribution is -2.22. The predicted octanol–water partition coefficient (Wildman–Crippen LogP) is 4.46. The quantitative estimate of drug-likeness (QED) is 0.384. The summed E-state index contributed by atoms with van der Waals surface area (Å²) in [5.74, 6) is 1.96. The molecule has 3 nitrogen and oxygen atoms in total. The van der Waals surface area contributed by atoms with E-state index >= 15 is 0 Å². The zero-order valence-electron chi connectivity index (χ0n) is 14.1. The number of nitrogens with zero attached hydrogens (tertiary/aromatic N) is 2. The van der Waals surface area contributed by atoms with Gasteiger partial charge in [0.15, 0.2) is 5.16 Å². The van der Waals surface area contributed by atoms with Crippen LogP contribution in [0.3, 0.4) is 0 Å². The molecule has 0 aliphatic rings. The summed E-state index contributed by atoms with van der Waals surface area (Å²) in [5, 5.41) is 1.42. The maximum Gasteiger partial charge on any atom is 0.266 e. The van der Waals surface area contributed by atoms with Gasteiger partial charge in [0.25, 0.3) is 5.56 Å². The lowest BCUT2D eigenvalue weighted by molar-refractivity contribution is 0.814. The Morgan fingerprint density at radius 3 is 2.62 bits per heavy atom. The minimum Gasteiger partial charge on any atom is -0.268 e. The molecule has 2 aromatic carbocycles. The van der Waals surface area contributed by atoms with Crippen molar-refractivity contribution in [1.29, 1.82) is 0 Å². The predicted molar refractivity (Wildman–Crippen MR) is 106 cm³/mol. The maximum absolute atomic E-state index is 13.1. The van der Waals surface area contributed by atoms with Gasteiger partial charge in [-0.3, -0.25) is 9.36 Å². The maximum atomic E-state index is 13.1. The van der Waals surface area contributed by atoms with Gasteiger partial charge < -0.3 is 0 Å². The van der Waals surface area contributed by atoms with Gasteiger partial charge in [-0.2, -0.15) is 11.8 Å². The van der Waals surface area contributed by atoms with Crippen molar-refractivity contribution in [2.24, 2.45) is 0 Å². The van der Waals surface area contributed by atoms with E-state index in [0.717, 1.165) is 33.4 Å². The van der Waals surface area contributed by atoms with Gasteiger partial charge in [-0.05, 0) is 43.9 Å². The molecule has 0 spiro atoms. The number of thioether (sulfide) groups is 2. The summed E-state index contributed by atoms with van der Waals surface area (Å²) in [6.07, 6.45) is 2.09. The third kappa shape index (κ3) is 3.37. The number of rotatable bonds is 5. The molecule has 3 rings (SSSR count). The van der Waals surface area contributed by atoms with Crippen LogP contribution in [0.15, 0.2) is 52.4 Å². The molecule has 5 heteroatoms. The molecule has 0 aliphatic heterocycles. The van der Waals surface area contributed by atoms with Crippen LogP contribution in [0.1, 0.15) is 11.1 Å². The fraction of sp³-hybridized carbons (Fsp3) is 0.263. The molecule has 0 aliphatic carbocycles. The first kappa shape index (κ1) is 17.1. The Kier molecular flexibility index (Phi) is 5.31. The number of hydrogen-bond acceptors (Lipinski definition) is 4. The first-order valence-electron chi connectivity index (χ1n) is 7.83. The third-order valence-electron chi connectivity index (χ3n) is 3.86. The van der Waals surface area contributed by atoms with Crippen LogP contribution in [-0.2, 0) is 0 Å². The van der Waals surface area contributed by atoms with Crippen molar-refractivity contribution in [2.45, 2.75) is 19.0 Å². The van der Waals surface area contributed by atoms with Crippen LogP contribution in [0.2, 0.25) is 0 Å². The molecule has 3 aromatic rings. The standard InChI is InChI=1S/C19H20N2OS2/c1-13-8-9-17(14(2)12-13)21-18(22)15-6-4-5-7-16(15)20-19(21)24-11-10-23-3/h4-9,12H,10-11H2,1-3H3. The molecule has 124 valence electrons. The first-order chi connectivity index (χ1) is 11.6. The first-order valence-corrected chi connectivity index (χ1v) is 10.2. The summed E-state index contributed by atoms with van der Waals surface area (Å²) in [7, 11) is 0. The van der Waals surface area contributed by atoms with Gasteiger partial charge in [0, 0.05) is 11.5 Å². The Labute approximate surface area is 150 Å². The summed E-state index contributed by atoms with van der Waals surface area (Å²) < 4.78 is 1.77. The van der Waals surface area contributed by atoms with E-state index in [9.17, 15) is 4.79 Å². The summed E-state index contributed by atoms with van der Waals surface area (Å²) >= 11 is 3.44. The molecule has 0 bridgehead atoms. The van der Waals surface area contributed by atoms with Gasteiger partial charge in [-0.15, -0.1) is 0 Å². The van der Waals surface area contributed by atoms with Crippen LogP contribution in [0.4, 0.5) is 0 Å². The Hall–Kier alpha value is -1.72. The van der Waals surface area contributed by atoms with E-state index in [0.29, 0.717) is 5.39 Å². The zero-order valence-corrected chi connectivity index (χ0v) is 15.7. The molecule has 24 heavy (non-hydrogen) atoms. The van der Waals surface area contributed by atoms with E-state index < -0.39 is 0 Å². The van der Waals surface area contributed by atoms with Crippen molar-refractivity contribution >= 4 is 34.4 Å². The summed E-state index contributed by atoms with van der Waals surface area (Å²) in [5.41, 5.74) is 3.94. The van der Waals surface area contributed by atoms with E-state index in [1.165, 1.54) is 5.56 Å². The molecule has 0 unspecified atom stereocenters. The summed E-state index contributed by atoms with van der Waals surface area (Å²) in [4.78, 5) is 17.9. The molecule has 0 saturated heterocycles. The fourth-order valence-corrected chi connectivity index (χ4v) is 4.35. The highest BCUT2D eigenvalue weighted by Crippen LogP contribution is 2.24. The number of benzene rings is 2. The van der Waals surface area contributed by atoms with Crippen LogP contribution in [0, 0.1) is 13.8 Å². The van der Waals surface area contributed by atoms with Crippen LogP contribution >= 0.6 is 23.5 Å². The van der Waals surface area contributed by atoms with Crippen molar-refractivity contribution in [1.82, 2.24) is 9.55 Å². The molecule has 0 atom stereocenters. The van der Waals surface area contributed by atoms with Crippen LogP contribution < -0.4 is 5.56 Å². The number of aryl methyl sites for hydroxylation is 2. The van der Waals surface area contributed by atoms with E-state index in [1.54, 1.807) is 28.1 Å². The van der Waals surface area contributed by atoms with Gasteiger partial charge in [0.2, 0.25) is 0 Å². The highest BCUT2D eigenvalue weighted by molar-refractivity contribution is 8.02. The van der Waals surface area contributed by atoms with Gasteiger partial charge in [-0.25, -0.2) is 4.98 Å². The number of hydrogen-bond donors (Lipinski definition) is 0. The van der Waals surface area contributed by atoms with Crippen molar-refractivity contribution in [3.8, 4) is 5.69 Å². The van der Waals surface area contributed by atoms with Crippen molar-refractivity contribution in [3.63, 3.8) is 0 Å². The van der Waals surface area contributed by atoms with Crippen molar-refractivity contribution in [3.05, 3.63) is 63.9 Å². The molecule has 0 saturated carbocycles. The molecule has 1 heterocycles. The van der Waals surface area contributed by atoms with Gasteiger partial charge in [0.05, 0.1) is 16.6 Å². The highest BCUT2D eigenvalue weighted by atomic mass is 32.2. The summed E-state index contributed by atoms with van der Waals surface area (Å²) in [6.45, 7) is 4.10. The number of para-hydroxylation sites is 1. The Morgan fingerprint density at radius 2 is 1.88 bits per heavy atom. The van der Waals surface area contributed by atoms with Gasteiger partial charge >= 0.3 is 0 Å². The largest absolute Gasteiger partial charge is 0.268 e. The molecular formula is C19H20N2OS2. The monoisotopic (exact) mass is 356 g/mol. The van der Waals surface area contributed by atoms with Crippen LogP contribution in [-0.4, -0.2) is 27.3 Å². The highest BCUT2D eigenvalue weighted by Gasteiger charge is 2.14. The van der Waals surface area contributed by atoms with Crippen LogP contribution in [0.25, 0.3) is 16.6 Å². The molecule has 1 aromatic heterocycles. The second-order valence-corrected chi connectivity index (χ2v) is 7.73. The van der Waals surface area contributed by atoms with E-state index in [2.05, 4.69) is 19.2 Å². The van der Waals surface area contributed by atoms with E-state index in [4.69, 9.17) is 4.98 Å². The molecule has 0 fully saturated rings. The lowest BCUT2D eigenvalue weighted by Gasteiger charge is -2.15. The minimum atomic E-state index is -0.000736. The van der Waals surface area contributed by atoms with Gasteiger partial charge in [-0.1, -0.05) is 41.6 Å². The second kappa shape index (κ2) is 7.45. The molecule has 0 radical (unpaired) electrons. The topological polar surface area (TPSA) is 34.9 Å². The smallest absolute Gasteiger partial charge is 0.266 e. The number of aromatic nitrogens is 2. The normalized spacial score (nSPS) is 11.1. The third-order valence-corrected chi connectivity index (χ3v) is 5.67. The lowest BCUT2D eigenvalue weighted by atomic mass is 10.1. The van der Waals surface area contributed by atoms with Crippen molar-refractivity contribution in [2.75, 3.05) is 17.8 Å². The Bertz CT molecular complexity index is 934. The number of fused-ring (bicyclic) bond motifs is 1. The van der Waals surface area contributed by atoms with Crippen molar-refractivity contribution < 1.29 is 0 Å². The summed E-state index contributed by atoms with van der Waals surface area (Å²) in [6, 6.07) is 13.7. The van der Waals surface area contributed by atoms with E-state index in [-0.39, 0.29) is 5.56 Å². The van der Waals surface area contributed by atoms with Gasteiger partial charge in [0.1, 0.15) is 0 Å². The Morgan fingerprint density at radius 1 is 1.08 bits per heavy atom. The molecule has 0 amide bonds. The molecular weight excluding hydrogens is 336 g/mol. The minimum absolute atomic E-state index is 0.000736. The molecule has 0 N–H and O–H groups in total. The average molecular weight is 357 g/mol. The Balaban J connectivity index is 2.24. The van der Waals surface area contributed by atoms with Crippen LogP contribution in [0.5, 0.6) is 0 Å². The zero-order chi connectivity index (χ0) is 17.1. The second-order valence-electron chi connectivity index (χ2n) is 5.68.